The van der Waals surface area contributed by atoms with Crippen LogP contribution in [0, 0.1) is 6.42 Å². The number of para-hydroxylation sites is 1. The van der Waals surface area contributed by atoms with Crippen molar-refractivity contribution in [3.05, 3.63) is 52.3 Å². The minimum absolute atomic E-state index is 0. The number of nitrogens with zero attached hydrogens (tertiary/aromatic N) is 3. The van der Waals surface area contributed by atoms with Crippen molar-refractivity contribution >= 4 is 10.9 Å². The van der Waals surface area contributed by atoms with Gasteiger partial charge < -0.3 is 16.5 Å². The van der Waals surface area contributed by atoms with Crippen LogP contribution in [0.1, 0.15) is 19.2 Å². The van der Waals surface area contributed by atoms with E-state index in [4.69, 9.17) is 0 Å². The van der Waals surface area contributed by atoms with Gasteiger partial charge >= 0.3 is 37.7 Å². The van der Waals surface area contributed by atoms with Gasteiger partial charge in [-0.05, 0) is 18.0 Å². The Hall–Kier alpha value is -0.775. The second kappa shape index (κ2) is 7.61. The van der Waals surface area contributed by atoms with Crippen LogP contribution in [0.5, 0.6) is 0 Å². The predicted molar refractivity (Wildman–Crippen MR) is 64.4 cm³/mol. The quantitative estimate of drug-likeness (QED) is 0.399. The summed E-state index contributed by atoms with van der Waals surface area (Å²) in [5.74, 6) is 0.605. The van der Waals surface area contributed by atoms with Crippen LogP contribution in [0.2, 0.25) is 0 Å². The minimum atomic E-state index is -0.118. The molecular formula is C12H13Li2N3O. The summed E-state index contributed by atoms with van der Waals surface area (Å²) in [7, 11) is 1.59. The summed E-state index contributed by atoms with van der Waals surface area (Å²) in [4.78, 5) is 16.5. The van der Waals surface area contributed by atoms with E-state index in [-0.39, 0.29) is 43.3 Å². The van der Waals surface area contributed by atoms with E-state index in [1.807, 2.05) is 31.5 Å². The molecule has 0 radical (unpaired) electrons. The smallest absolute Gasteiger partial charge is 0.618 e. The molecule has 0 N–H and O–H groups in total. The zero-order valence-corrected chi connectivity index (χ0v) is 11.3. The molecule has 84 valence electrons. The monoisotopic (exact) mass is 229 g/mol. The van der Waals surface area contributed by atoms with Gasteiger partial charge in [0, 0.05) is 0 Å². The molecule has 0 aliphatic heterocycles. The molecule has 0 spiro atoms. The van der Waals surface area contributed by atoms with Crippen molar-refractivity contribution in [2.45, 2.75) is 13.3 Å². The van der Waals surface area contributed by atoms with Crippen LogP contribution in [0.25, 0.3) is 16.3 Å². The van der Waals surface area contributed by atoms with Crippen LogP contribution >= 0.6 is 0 Å². The molecule has 0 atom stereocenters. The number of benzene rings is 1. The van der Waals surface area contributed by atoms with Crippen LogP contribution in [-0.4, -0.2) is 16.7 Å². The van der Waals surface area contributed by atoms with E-state index in [0.717, 1.165) is 6.42 Å². The molecule has 0 aliphatic carbocycles. The predicted octanol–water partition coefficient (Wildman–Crippen LogP) is -3.87. The van der Waals surface area contributed by atoms with Crippen molar-refractivity contribution in [1.82, 2.24) is 9.66 Å². The molecule has 1 aromatic heterocycles. The molecule has 4 nitrogen and oxygen atoms in total. The van der Waals surface area contributed by atoms with Crippen LogP contribution in [-0.2, 0) is 0 Å². The fourth-order valence-electron chi connectivity index (χ4n) is 1.65. The molecule has 0 bridgehead atoms. The maximum atomic E-state index is 12.1. The SMILES string of the molecule is CC[CH-]c1nc2ccccc2c(=O)n1[N-]C.[Li+].[Li+]. The number of hydrogen-bond acceptors (Lipinski definition) is 2. The Labute approximate surface area is 130 Å². The maximum Gasteiger partial charge on any atom is 1.00 e. The third-order valence-electron chi connectivity index (χ3n) is 2.37. The zero-order valence-electron chi connectivity index (χ0n) is 11.3. The van der Waals surface area contributed by atoms with Crippen molar-refractivity contribution in [2.24, 2.45) is 0 Å². The van der Waals surface area contributed by atoms with Crippen molar-refractivity contribution < 1.29 is 37.7 Å². The molecule has 6 heteroatoms. The Morgan fingerprint density at radius 1 is 1.33 bits per heavy atom. The van der Waals surface area contributed by atoms with Gasteiger partial charge in [0.1, 0.15) is 0 Å². The third kappa shape index (κ3) is 3.16. The molecule has 2 aromatic rings. The number of rotatable bonds is 3. The standard InChI is InChI=1S/C12H13N3O.2Li/c1-3-6-11-14-10-8-5-4-7-9(10)12(16)15(11)13-2;;/h4-8H,3H2,1-2H3;;/q-2;2*+1. The molecule has 0 saturated carbocycles. The number of aromatic nitrogens is 2. The van der Waals surface area contributed by atoms with E-state index >= 15 is 0 Å². The zero-order chi connectivity index (χ0) is 11.5. The van der Waals surface area contributed by atoms with Crippen LogP contribution in [0.3, 0.4) is 0 Å². The topological polar surface area (TPSA) is 49.0 Å². The Balaban J connectivity index is 0.00000144. The second-order valence-corrected chi connectivity index (χ2v) is 3.42. The summed E-state index contributed by atoms with van der Waals surface area (Å²) in [6.07, 6.45) is 2.71. The van der Waals surface area contributed by atoms with Crippen molar-refractivity contribution in [1.29, 1.82) is 0 Å². The molecule has 0 saturated heterocycles. The summed E-state index contributed by atoms with van der Waals surface area (Å²) in [6.45, 7) is 2.00. The summed E-state index contributed by atoms with van der Waals surface area (Å²) in [5, 5.41) is 0.598. The van der Waals surface area contributed by atoms with Gasteiger partial charge in [0.2, 0.25) is 5.56 Å². The van der Waals surface area contributed by atoms with Gasteiger partial charge in [0.05, 0.1) is 10.9 Å². The van der Waals surface area contributed by atoms with Crippen molar-refractivity contribution in [2.75, 3.05) is 7.05 Å². The van der Waals surface area contributed by atoms with E-state index in [1.54, 1.807) is 13.1 Å². The van der Waals surface area contributed by atoms with Crippen LogP contribution in [0.4, 0.5) is 0 Å². The van der Waals surface area contributed by atoms with Gasteiger partial charge in [-0.25, -0.2) is 0 Å². The van der Waals surface area contributed by atoms with Crippen LogP contribution in [0.15, 0.2) is 29.1 Å². The molecule has 18 heavy (non-hydrogen) atoms. The van der Waals surface area contributed by atoms with Gasteiger partial charge in [-0.3, -0.25) is 9.78 Å². The number of hydrogen-bond donors (Lipinski definition) is 0. The minimum Gasteiger partial charge on any atom is -0.618 e. The van der Waals surface area contributed by atoms with Crippen molar-refractivity contribution in [3.8, 4) is 0 Å². The third-order valence-corrected chi connectivity index (χ3v) is 2.37. The number of fused-ring (bicyclic) bond motifs is 1. The summed E-state index contributed by atoms with van der Waals surface area (Å²) >= 11 is 0. The van der Waals surface area contributed by atoms with E-state index in [0.29, 0.717) is 16.7 Å². The average molecular weight is 229 g/mol. The van der Waals surface area contributed by atoms with Crippen molar-refractivity contribution in [3.63, 3.8) is 0 Å². The first-order valence-electron chi connectivity index (χ1n) is 5.23. The Morgan fingerprint density at radius 3 is 2.61 bits per heavy atom. The summed E-state index contributed by atoms with van der Waals surface area (Å²) in [6, 6.07) is 7.30. The molecule has 0 unspecified atom stereocenters. The molecule has 1 aromatic carbocycles. The van der Waals surface area contributed by atoms with E-state index in [9.17, 15) is 4.79 Å². The van der Waals surface area contributed by atoms with Gasteiger partial charge in [0.25, 0.3) is 0 Å². The average Bonchev–Trinajstić information content (AvgIpc) is 2.30. The largest absolute Gasteiger partial charge is 1.00 e. The molecule has 0 aliphatic rings. The summed E-state index contributed by atoms with van der Waals surface area (Å²) in [5.41, 5.74) is 4.55. The first kappa shape index (κ1) is 17.2. The molecule has 0 amide bonds. The molecular weight excluding hydrogens is 216 g/mol. The Bertz CT molecular complexity index is 569. The first-order chi connectivity index (χ1) is 7.77. The van der Waals surface area contributed by atoms with E-state index in [1.165, 1.54) is 4.68 Å². The normalized spacial score (nSPS) is 9.22. The van der Waals surface area contributed by atoms with E-state index < -0.39 is 0 Å². The van der Waals surface area contributed by atoms with Crippen LogP contribution < -0.4 is 43.3 Å². The second-order valence-electron chi connectivity index (χ2n) is 3.42. The fraction of sp³-hybridized carbons (Fsp3) is 0.250. The van der Waals surface area contributed by atoms with Gasteiger partial charge in [0.15, 0.2) is 0 Å². The molecule has 2 rings (SSSR count). The fourth-order valence-corrected chi connectivity index (χ4v) is 1.65. The molecule has 1 heterocycles. The van der Waals surface area contributed by atoms with Gasteiger partial charge in [-0.2, -0.15) is 6.42 Å². The van der Waals surface area contributed by atoms with E-state index in [2.05, 4.69) is 10.4 Å². The summed E-state index contributed by atoms with van der Waals surface area (Å²) < 4.78 is 1.34. The first-order valence-corrected chi connectivity index (χ1v) is 5.23. The Morgan fingerprint density at radius 2 is 2.00 bits per heavy atom. The van der Waals surface area contributed by atoms with Gasteiger partial charge in [-0.1, -0.05) is 19.1 Å². The van der Waals surface area contributed by atoms with Gasteiger partial charge in [-0.15, -0.1) is 7.05 Å². The molecule has 0 fully saturated rings. The Kier molecular flexibility index (Phi) is 7.29. The maximum absolute atomic E-state index is 12.1.